The molecule has 192 valence electrons. The van der Waals surface area contributed by atoms with E-state index in [1.165, 1.54) is 0 Å². The summed E-state index contributed by atoms with van der Waals surface area (Å²) in [6.07, 6.45) is 0. The topological polar surface area (TPSA) is 51.8 Å². The van der Waals surface area contributed by atoms with Crippen molar-refractivity contribution in [3.63, 3.8) is 0 Å². The van der Waals surface area contributed by atoms with Crippen LogP contribution in [0.25, 0.3) is 78.0 Å². The van der Waals surface area contributed by atoms with Crippen LogP contribution in [0.4, 0.5) is 0 Å². The van der Waals surface area contributed by atoms with Crippen LogP contribution in [0.1, 0.15) is 0 Å². The van der Waals surface area contributed by atoms with Crippen LogP contribution in [0, 0.1) is 0 Å². The molecule has 0 saturated carbocycles. The van der Waals surface area contributed by atoms with Gasteiger partial charge in [-0.05, 0) is 28.5 Å². The SMILES string of the molecule is c1ccc(-c2nc(-c3ccc4c(c3)oc3c(-c5ccccc5)cccc34)nc(-c3cccc4ccccc34)n2)cc1. The standard InChI is InChI=1S/C37H23N3O/c1-3-11-25(12-4-1)29-18-10-19-31-30-22-21-27(23-33(30)41-34(29)31)36-38-35(26-14-5-2-6-15-26)39-37(40-36)32-20-9-16-24-13-7-8-17-28(24)32/h1-23H. The summed E-state index contributed by atoms with van der Waals surface area (Å²) in [5, 5.41) is 4.40. The number of fused-ring (bicyclic) bond motifs is 4. The number of hydrogen-bond acceptors (Lipinski definition) is 4. The first-order valence-corrected chi connectivity index (χ1v) is 13.6. The number of hydrogen-bond donors (Lipinski definition) is 0. The quantitative estimate of drug-likeness (QED) is 0.230. The molecular weight excluding hydrogens is 502 g/mol. The largest absolute Gasteiger partial charge is 0.455 e. The number of aromatic nitrogens is 3. The van der Waals surface area contributed by atoms with Crippen molar-refractivity contribution >= 4 is 32.7 Å². The van der Waals surface area contributed by atoms with Gasteiger partial charge in [0.25, 0.3) is 0 Å². The maximum atomic E-state index is 6.52. The van der Waals surface area contributed by atoms with Crippen molar-refractivity contribution in [2.24, 2.45) is 0 Å². The molecule has 0 spiro atoms. The number of rotatable bonds is 4. The van der Waals surface area contributed by atoms with E-state index in [9.17, 15) is 0 Å². The predicted molar refractivity (Wildman–Crippen MR) is 166 cm³/mol. The Hall–Kier alpha value is -5.61. The molecule has 0 aliphatic carbocycles. The average molecular weight is 526 g/mol. The first kappa shape index (κ1) is 23.3. The Balaban J connectivity index is 1.33. The molecule has 2 aromatic heterocycles. The normalized spacial score (nSPS) is 11.4. The Bertz CT molecular complexity index is 2200. The second kappa shape index (κ2) is 9.54. The lowest BCUT2D eigenvalue weighted by atomic mass is 10.0. The molecule has 0 saturated heterocycles. The van der Waals surface area contributed by atoms with E-state index >= 15 is 0 Å². The highest BCUT2D eigenvalue weighted by Crippen LogP contribution is 2.37. The molecule has 6 aromatic carbocycles. The van der Waals surface area contributed by atoms with Gasteiger partial charge in [0.2, 0.25) is 0 Å². The Kier molecular flexibility index (Phi) is 5.42. The Morgan fingerprint density at radius 2 is 1.00 bits per heavy atom. The fraction of sp³-hybridized carbons (Fsp3) is 0. The summed E-state index contributed by atoms with van der Waals surface area (Å²) in [5.74, 6) is 1.88. The van der Waals surface area contributed by atoms with E-state index in [0.717, 1.165) is 60.5 Å². The number of para-hydroxylation sites is 1. The van der Waals surface area contributed by atoms with Crippen molar-refractivity contribution < 1.29 is 4.42 Å². The molecule has 41 heavy (non-hydrogen) atoms. The Morgan fingerprint density at radius 3 is 1.83 bits per heavy atom. The molecule has 0 aliphatic rings. The number of benzene rings is 6. The van der Waals surface area contributed by atoms with Crippen LogP contribution in [0.2, 0.25) is 0 Å². The predicted octanol–water partition coefficient (Wildman–Crippen LogP) is 9.59. The van der Waals surface area contributed by atoms with Crippen molar-refractivity contribution in [2.45, 2.75) is 0 Å². The van der Waals surface area contributed by atoms with Crippen molar-refractivity contribution in [1.82, 2.24) is 15.0 Å². The van der Waals surface area contributed by atoms with Gasteiger partial charge in [0.15, 0.2) is 17.5 Å². The zero-order valence-corrected chi connectivity index (χ0v) is 22.0. The zero-order chi connectivity index (χ0) is 27.2. The monoisotopic (exact) mass is 525 g/mol. The third-order valence-corrected chi connectivity index (χ3v) is 7.54. The van der Waals surface area contributed by atoms with Gasteiger partial charge in [-0.1, -0.05) is 127 Å². The summed E-state index contributed by atoms with van der Waals surface area (Å²) in [7, 11) is 0. The first-order valence-electron chi connectivity index (χ1n) is 13.6. The maximum Gasteiger partial charge on any atom is 0.164 e. The summed E-state index contributed by atoms with van der Waals surface area (Å²) in [6, 6.07) is 47.5. The smallest absolute Gasteiger partial charge is 0.164 e. The van der Waals surface area contributed by atoms with E-state index in [4.69, 9.17) is 19.4 Å². The zero-order valence-electron chi connectivity index (χ0n) is 22.0. The van der Waals surface area contributed by atoms with Gasteiger partial charge in [0, 0.05) is 33.0 Å². The van der Waals surface area contributed by atoms with Crippen LogP contribution in [0.15, 0.2) is 144 Å². The lowest BCUT2D eigenvalue weighted by molar-refractivity contribution is 0.670. The molecule has 0 aliphatic heterocycles. The summed E-state index contributed by atoms with van der Waals surface area (Å²) < 4.78 is 6.52. The third kappa shape index (κ3) is 4.05. The highest BCUT2D eigenvalue weighted by atomic mass is 16.3. The number of furan rings is 1. The van der Waals surface area contributed by atoms with E-state index < -0.39 is 0 Å². The Labute approximate surface area is 236 Å². The fourth-order valence-corrected chi connectivity index (χ4v) is 5.54. The van der Waals surface area contributed by atoms with Gasteiger partial charge in [-0.2, -0.15) is 0 Å². The maximum absolute atomic E-state index is 6.52. The third-order valence-electron chi connectivity index (χ3n) is 7.54. The Morgan fingerprint density at radius 1 is 0.390 bits per heavy atom. The summed E-state index contributed by atoms with van der Waals surface area (Å²) >= 11 is 0. The van der Waals surface area contributed by atoms with Gasteiger partial charge < -0.3 is 4.42 Å². The minimum Gasteiger partial charge on any atom is -0.455 e. The lowest BCUT2D eigenvalue weighted by Gasteiger charge is -2.10. The van der Waals surface area contributed by atoms with E-state index in [-0.39, 0.29) is 0 Å². The van der Waals surface area contributed by atoms with Crippen LogP contribution >= 0.6 is 0 Å². The summed E-state index contributed by atoms with van der Waals surface area (Å²) in [4.78, 5) is 14.9. The molecule has 0 radical (unpaired) electrons. The second-order valence-electron chi connectivity index (χ2n) is 10.1. The van der Waals surface area contributed by atoms with E-state index in [2.05, 4.69) is 66.7 Å². The second-order valence-corrected chi connectivity index (χ2v) is 10.1. The van der Waals surface area contributed by atoms with Gasteiger partial charge in [0.05, 0.1) is 0 Å². The van der Waals surface area contributed by atoms with Crippen LogP contribution in [0.3, 0.4) is 0 Å². The van der Waals surface area contributed by atoms with Gasteiger partial charge >= 0.3 is 0 Å². The number of nitrogens with zero attached hydrogens (tertiary/aromatic N) is 3. The molecule has 0 amide bonds. The minimum atomic E-state index is 0.604. The lowest BCUT2D eigenvalue weighted by Crippen LogP contribution is -2.00. The highest BCUT2D eigenvalue weighted by Gasteiger charge is 2.17. The van der Waals surface area contributed by atoms with Gasteiger partial charge in [-0.25, -0.2) is 15.0 Å². The first-order chi connectivity index (χ1) is 20.3. The van der Waals surface area contributed by atoms with Crippen molar-refractivity contribution in [2.75, 3.05) is 0 Å². The molecule has 8 aromatic rings. The van der Waals surface area contributed by atoms with Crippen molar-refractivity contribution in [1.29, 1.82) is 0 Å². The molecule has 0 unspecified atom stereocenters. The minimum absolute atomic E-state index is 0.604. The van der Waals surface area contributed by atoms with Crippen molar-refractivity contribution in [3.8, 4) is 45.3 Å². The molecule has 2 heterocycles. The van der Waals surface area contributed by atoms with E-state index in [0.29, 0.717) is 17.5 Å². The molecule has 0 atom stereocenters. The molecule has 4 nitrogen and oxygen atoms in total. The van der Waals surface area contributed by atoms with Crippen LogP contribution < -0.4 is 0 Å². The summed E-state index contributed by atoms with van der Waals surface area (Å²) in [6.45, 7) is 0. The molecule has 4 heteroatoms. The van der Waals surface area contributed by atoms with E-state index in [1.807, 2.05) is 72.8 Å². The van der Waals surface area contributed by atoms with E-state index in [1.54, 1.807) is 0 Å². The summed E-state index contributed by atoms with van der Waals surface area (Å²) in [5.41, 5.74) is 6.67. The van der Waals surface area contributed by atoms with Gasteiger partial charge in [-0.3, -0.25) is 0 Å². The van der Waals surface area contributed by atoms with Gasteiger partial charge in [-0.15, -0.1) is 0 Å². The van der Waals surface area contributed by atoms with Gasteiger partial charge in [0.1, 0.15) is 11.2 Å². The van der Waals surface area contributed by atoms with Crippen LogP contribution in [-0.4, -0.2) is 15.0 Å². The molecule has 0 bridgehead atoms. The molecular formula is C37H23N3O. The molecule has 8 rings (SSSR count). The van der Waals surface area contributed by atoms with Crippen LogP contribution in [-0.2, 0) is 0 Å². The highest BCUT2D eigenvalue weighted by molar-refractivity contribution is 6.10. The molecule has 0 fully saturated rings. The fourth-order valence-electron chi connectivity index (χ4n) is 5.54. The van der Waals surface area contributed by atoms with Crippen LogP contribution in [0.5, 0.6) is 0 Å². The average Bonchev–Trinajstić information content (AvgIpc) is 3.43. The molecule has 0 N–H and O–H groups in total. The van der Waals surface area contributed by atoms with Crippen molar-refractivity contribution in [3.05, 3.63) is 140 Å².